The minimum Gasteiger partial charge on any atom is -0.235 e. The Kier molecular flexibility index (Phi) is 3.74. The molecule has 0 saturated carbocycles. The van der Waals surface area contributed by atoms with Crippen LogP contribution in [-0.2, 0) is 0 Å². The topological polar surface area (TPSA) is 12.9 Å². The third kappa shape index (κ3) is 2.30. The quantitative estimate of drug-likeness (QED) is 0.537. The third-order valence-corrected chi connectivity index (χ3v) is 2.51. The van der Waals surface area contributed by atoms with Crippen LogP contribution in [0.2, 0.25) is 15.2 Å². The van der Waals surface area contributed by atoms with Gasteiger partial charge in [0.05, 0.1) is 15.7 Å². The summed E-state index contributed by atoms with van der Waals surface area (Å²) in [5.41, 5.74) is 0.314. The highest BCUT2D eigenvalue weighted by atomic mass is 35.5. The molecule has 0 aliphatic heterocycles. The highest BCUT2D eigenvalue weighted by Crippen LogP contribution is 2.33. The highest BCUT2D eigenvalue weighted by Gasteiger charge is 2.13. The number of nitrogens with zero attached hydrogens (tertiary/aromatic N) is 1. The van der Waals surface area contributed by atoms with Gasteiger partial charge in [-0.05, 0) is 6.07 Å². The Labute approximate surface area is 94.5 Å². The molecule has 66 valence electrons. The van der Waals surface area contributed by atoms with Crippen molar-refractivity contribution in [3.63, 3.8) is 0 Å². The minimum absolute atomic E-state index is 0.141. The van der Waals surface area contributed by atoms with Gasteiger partial charge in [0, 0.05) is 0 Å². The summed E-state index contributed by atoms with van der Waals surface area (Å²) in [5, 5.41) is 0.723. The average molecular weight is 265 g/mol. The first-order chi connectivity index (χ1) is 5.52. The van der Waals surface area contributed by atoms with Gasteiger partial charge in [-0.3, -0.25) is 0 Å². The van der Waals surface area contributed by atoms with Gasteiger partial charge >= 0.3 is 0 Å². The largest absolute Gasteiger partial charge is 0.235 e. The van der Waals surface area contributed by atoms with Gasteiger partial charge in [-0.1, -0.05) is 58.0 Å². The van der Waals surface area contributed by atoms with Crippen molar-refractivity contribution in [3.05, 3.63) is 27.0 Å². The van der Waals surface area contributed by atoms with E-state index in [4.69, 9.17) is 58.0 Å². The molecule has 0 aliphatic carbocycles. The molecule has 0 aliphatic rings. The second kappa shape index (κ2) is 4.21. The lowest BCUT2D eigenvalue weighted by Gasteiger charge is -2.04. The molecule has 0 aromatic carbocycles. The van der Waals surface area contributed by atoms with Gasteiger partial charge in [-0.2, -0.15) is 0 Å². The van der Waals surface area contributed by atoms with Crippen LogP contribution in [0.4, 0.5) is 0 Å². The summed E-state index contributed by atoms with van der Waals surface area (Å²) in [6, 6.07) is 1.45. The van der Waals surface area contributed by atoms with Crippen LogP contribution < -0.4 is 0 Å². The lowest BCUT2D eigenvalue weighted by atomic mass is 10.4. The molecule has 0 unspecified atom stereocenters. The number of hydrogen-bond donors (Lipinski definition) is 0. The summed E-state index contributed by atoms with van der Waals surface area (Å²) in [6.07, 6.45) is 0. The van der Waals surface area contributed by atoms with Crippen molar-refractivity contribution in [3.8, 4) is 0 Å². The van der Waals surface area contributed by atoms with Crippen molar-refractivity contribution in [2.45, 2.75) is 4.84 Å². The van der Waals surface area contributed by atoms with E-state index in [9.17, 15) is 0 Å². The van der Waals surface area contributed by atoms with Gasteiger partial charge < -0.3 is 0 Å². The third-order valence-electron chi connectivity index (χ3n) is 1.12. The second-order valence-electron chi connectivity index (χ2n) is 1.93. The minimum atomic E-state index is -0.799. The molecule has 1 nitrogen and oxygen atoms in total. The van der Waals surface area contributed by atoms with Crippen molar-refractivity contribution in [2.75, 3.05) is 0 Å². The average Bonchev–Trinajstić information content (AvgIpc) is 1.96. The van der Waals surface area contributed by atoms with E-state index in [2.05, 4.69) is 4.98 Å². The molecule has 0 fully saturated rings. The van der Waals surface area contributed by atoms with Crippen LogP contribution in [-0.4, -0.2) is 4.98 Å². The summed E-state index contributed by atoms with van der Waals surface area (Å²) in [6.45, 7) is 0. The lowest BCUT2D eigenvalue weighted by molar-refractivity contribution is 1.15. The second-order valence-corrected chi connectivity index (χ2v) is 4.20. The zero-order chi connectivity index (χ0) is 9.30. The summed E-state index contributed by atoms with van der Waals surface area (Å²) in [4.78, 5) is 3.01. The molecule has 0 atom stereocenters. The molecular weight excluding hydrogens is 263 g/mol. The highest BCUT2D eigenvalue weighted by molar-refractivity contribution is 6.46. The van der Waals surface area contributed by atoms with Crippen LogP contribution in [0, 0.1) is 0 Å². The molecule has 1 aromatic rings. The molecule has 0 spiro atoms. The first-order valence-corrected chi connectivity index (χ1v) is 4.82. The Morgan fingerprint density at radius 1 is 1.08 bits per heavy atom. The summed E-state index contributed by atoms with van der Waals surface area (Å²) >= 11 is 28.1. The van der Waals surface area contributed by atoms with Crippen LogP contribution in [0.25, 0.3) is 0 Å². The molecule has 6 heteroatoms. The molecule has 0 radical (unpaired) electrons. The first-order valence-electron chi connectivity index (χ1n) is 2.82. The van der Waals surface area contributed by atoms with Crippen molar-refractivity contribution in [1.82, 2.24) is 4.98 Å². The molecule has 1 rings (SSSR count). The SMILES string of the molecule is Clc1cc(Cl)c(C(Cl)Cl)nc1Cl. The Balaban J connectivity index is 3.23. The van der Waals surface area contributed by atoms with E-state index in [0.29, 0.717) is 10.7 Å². The summed E-state index contributed by atoms with van der Waals surface area (Å²) < 4.78 is 0. The van der Waals surface area contributed by atoms with Crippen molar-refractivity contribution in [2.24, 2.45) is 0 Å². The van der Waals surface area contributed by atoms with Crippen LogP contribution in [0.3, 0.4) is 0 Å². The summed E-state index contributed by atoms with van der Waals surface area (Å²) in [5.74, 6) is 0. The van der Waals surface area contributed by atoms with Gasteiger partial charge in [0.25, 0.3) is 0 Å². The van der Waals surface area contributed by atoms with Gasteiger partial charge in [-0.15, -0.1) is 0 Å². The van der Waals surface area contributed by atoms with Crippen LogP contribution in [0.15, 0.2) is 6.07 Å². The summed E-state index contributed by atoms with van der Waals surface area (Å²) in [7, 11) is 0. The number of rotatable bonds is 1. The van der Waals surface area contributed by atoms with Gasteiger partial charge in [-0.25, -0.2) is 4.98 Å². The van der Waals surface area contributed by atoms with E-state index in [1.807, 2.05) is 0 Å². The monoisotopic (exact) mass is 263 g/mol. The Morgan fingerprint density at radius 2 is 1.67 bits per heavy atom. The Bertz CT molecular complexity index is 298. The maximum Gasteiger partial charge on any atom is 0.151 e. The van der Waals surface area contributed by atoms with E-state index in [1.165, 1.54) is 6.07 Å². The van der Waals surface area contributed by atoms with Crippen molar-refractivity contribution < 1.29 is 0 Å². The van der Waals surface area contributed by atoms with E-state index in [0.717, 1.165) is 0 Å². The fraction of sp³-hybridized carbons (Fsp3) is 0.167. The van der Waals surface area contributed by atoms with E-state index < -0.39 is 4.84 Å². The molecule has 0 amide bonds. The fourth-order valence-electron chi connectivity index (χ4n) is 0.610. The number of hydrogen-bond acceptors (Lipinski definition) is 1. The molecule has 0 N–H and O–H groups in total. The number of alkyl halides is 2. The predicted molar refractivity (Wildman–Crippen MR) is 53.7 cm³/mol. The van der Waals surface area contributed by atoms with Crippen LogP contribution in [0.1, 0.15) is 10.5 Å². The predicted octanol–water partition coefficient (Wildman–Crippen LogP) is 4.52. The molecular formula is C6H2Cl5N. The first kappa shape index (κ1) is 10.7. The van der Waals surface area contributed by atoms with E-state index in [1.54, 1.807) is 0 Å². The molecule has 0 saturated heterocycles. The number of halogens is 5. The fourth-order valence-corrected chi connectivity index (χ4v) is 1.67. The van der Waals surface area contributed by atoms with Crippen LogP contribution in [0.5, 0.6) is 0 Å². The number of aromatic nitrogens is 1. The zero-order valence-electron chi connectivity index (χ0n) is 5.49. The van der Waals surface area contributed by atoms with Crippen LogP contribution >= 0.6 is 58.0 Å². The molecule has 1 heterocycles. The maximum atomic E-state index is 5.72. The molecule has 12 heavy (non-hydrogen) atoms. The van der Waals surface area contributed by atoms with Gasteiger partial charge in [0.15, 0.2) is 4.84 Å². The van der Waals surface area contributed by atoms with Crippen molar-refractivity contribution in [1.29, 1.82) is 0 Å². The zero-order valence-corrected chi connectivity index (χ0v) is 9.27. The Morgan fingerprint density at radius 3 is 2.17 bits per heavy atom. The normalized spacial score (nSPS) is 10.8. The maximum absolute atomic E-state index is 5.72. The van der Waals surface area contributed by atoms with Gasteiger partial charge in [0.1, 0.15) is 5.15 Å². The molecule has 0 bridgehead atoms. The standard InChI is InChI=1S/C6H2Cl5N/c7-2-1-3(8)6(11)12-4(2)5(9)10/h1,5H. The smallest absolute Gasteiger partial charge is 0.151 e. The van der Waals surface area contributed by atoms with E-state index in [-0.39, 0.29) is 10.2 Å². The lowest BCUT2D eigenvalue weighted by Crippen LogP contribution is -1.90. The van der Waals surface area contributed by atoms with E-state index >= 15 is 0 Å². The molecule has 1 aromatic heterocycles. The van der Waals surface area contributed by atoms with Crippen molar-refractivity contribution >= 4 is 58.0 Å². The Hall–Kier alpha value is 0.600. The van der Waals surface area contributed by atoms with Gasteiger partial charge in [0.2, 0.25) is 0 Å². The number of pyridine rings is 1.